The van der Waals surface area contributed by atoms with Crippen LogP contribution < -0.4 is 10.6 Å². The Hall–Kier alpha value is -2.54. The molecule has 2 N–H and O–H groups in total. The fourth-order valence-electron chi connectivity index (χ4n) is 3.29. The van der Waals surface area contributed by atoms with E-state index in [1.54, 1.807) is 0 Å². The molecule has 2 aromatic rings. The van der Waals surface area contributed by atoms with Gasteiger partial charge in [0.15, 0.2) is 0 Å². The van der Waals surface area contributed by atoms with Gasteiger partial charge in [-0.2, -0.15) is 13.2 Å². The van der Waals surface area contributed by atoms with Crippen molar-refractivity contribution in [2.24, 2.45) is 4.99 Å². The Morgan fingerprint density at radius 1 is 1.00 bits per heavy atom. The van der Waals surface area contributed by atoms with Crippen LogP contribution in [0, 0.1) is 6.92 Å². The molecule has 0 radical (unpaired) electrons. The molecule has 0 spiro atoms. The number of aryl methyl sites for hydroxylation is 1. The first-order chi connectivity index (χ1) is 12.4. The number of fused-ring (bicyclic) bond motifs is 2. The predicted molar refractivity (Wildman–Crippen MR) is 96.5 cm³/mol. The maximum atomic E-state index is 13.3. The van der Waals surface area contributed by atoms with E-state index in [4.69, 9.17) is 4.99 Å². The van der Waals surface area contributed by atoms with Crippen molar-refractivity contribution in [3.05, 3.63) is 53.1 Å². The highest BCUT2D eigenvalue weighted by atomic mass is 19.4. The van der Waals surface area contributed by atoms with Crippen LogP contribution in [-0.4, -0.2) is 36.9 Å². The molecule has 0 saturated carbocycles. The van der Waals surface area contributed by atoms with E-state index >= 15 is 0 Å². The highest BCUT2D eigenvalue weighted by Gasteiger charge is 2.33. The molecular weight excluding hydrogens is 341 g/mol. The van der Waals surface area contributed by atoms with Gasteiger partial charge in [0.2, 0.25) is 0 Å². The van der Waals surface area contributed by atoms with Gasteiger partial charge in [0.1, 0.15) is 5.84 Å². The number of rotatable bonds is 0. The summed E-state index contributed by atoms with van der Waals surface area (Å²) in [5.41, 5.74) is 3.04. The minimum Gasteiger partial charge on any atom is -0.353 e. The van der Waals surface area contributed by atoms with Gasteiger partial charge in [-0.3, -0.25) is 0 Å². The SMILES string of the molecule is Cc1ccc2c(c1)N=C(N1CCNCC1)c1cc(C(F)(F)F)ccc1N2. The third-order valence-corrected chi connectivity index (χ3v) is 4.65. The maximum absolute atomic E-state index is 13.3. The summed E-state index contributed by atoms with van der Waals surface area (Å²) in [5.74, 6) is 0.587. The number of benzene rings is 2. The number of hydrogen-bond donors (Lipinski definition) is 2. The first-order valence-corrected chi connectivity index (χ1v) is 8.55. The number of piperazine rings is 1. The van der Waals surface area contributed by atoms with E-state index in [1.165, 1.54) is 12.1 Å². The van der Waals surface area contributed by atoms with Crippen molar-refractivity contribution in [3.8, 4) is 0 Å². The lowest BCUT2D eigenvalue weighted by Crippen LogP contribution is -2.46. The Balaban J connectivity index is 1.89. The standard InChI is InChI=1S/C19H19F3N4/c1-12-2-4-16-17(10-12)25-18(26-8-6-23-7-9-26)14-11-13(19(20,21)22)3-5-15(14)24-16/h2-5,10-11,23-24H,6-9H2,1H3. The van der Waals surface area contributed by atoms with Crippen LogP contribution in [0.1, 0.15) is 16.7 Å². The van der Waals surface area contributed by atoms with Crippen molar-refractivity contribution in [2.45, 2.75) is 13.1 Å². The Kier molecular flexibility index (Phi) is 4.11. The first kappa shape index (κ1) is 16.9. The average molecular weight is 360 g/mol. The van der Waals surface area contributed by atoms with Crippen LogP contribution in [0.25, 0.3) is 0 Å². The molecule has 26 heavy (non-hydrogen) atoms. The highest BCUT2D eigenvalue weighted by molar-refractivity contribution is 6.08. The molecule has 2 aliphatic heterocycles. The first-order valence-electron chi connectivity index (χ1n) is 8.55. The van der Waals surface area contributed by atoms with Gasteiger partial charge in [-0.25, -0.2) is 4.99 Å². The van der Waals surface area contributed by atoms with Crippen LogP contribution in [0.15, 0.2) is 41.4 Å². The maximum Gasteiger partial charge on any atom is 0.416 e. The Bertz CT molecular complexity index is 868. The Morgan fingerprint density at radius 3 is 2.46 bits per heavy atom. The summed E-state index contributed by atoms with van der Waals surface area (Å²) in [6.45, 7) is 4.94. The fourth-order valence-corrected chi connectivity index (χ4v) is 3.29. The van der Waals surface area contributed by atoms with Crippen molar-refractivity contribution < 1.29 is 13.2 Å². The Morgan fingerprint density at radius 2 is 1.73 bits per heavy atom. The number of amidine groups is 1. The van der Waals surface area contributed by atoms with E-state index < -0.39 is 11.7 Å². The molecule has 0 amide bonds. The molecule has 1 saturated heterocycles. The van der Waals surface area contributed by atoms with E-state index in [1.807, 2.05) is 25.1 Å². The third kappa shape index (κ3) is 3.14. The van der Waals surface area contributed by atoms with E-state index in [-0.39, 0.29) is 0 Å². The number of nitrogens with one attached hydrogen (secondary N) is 2. The van der Waals surface area contributed by atoms with Crippen LogP contribution in [0.5, 0.6) is 0 Å². The summed E-state index contributed by atoms with van der Waals surface area (Å²) < 4.78 is 39.8. The zero-order valence-electron chi connectivity index (χ0n) is 14.3. The molecule has 0 unspecified atom stereocenters. The van der Waals surface area contributed by atoms with Crippen molar-refractivity contribution >= 4 is 22.9 Å². The van der Waals surface area contributed by atoms with E-state index in [0.717, 1.165) is 36.1 Å². The van der Waals surface area contributed by atoms with E-state index in [2.05, 4.69) is 15.5 Å². The third-order valence-electron chi connectivity index (χ3n) is 4.65. The molecule has 0 atom stereocenters. The molecule has 2 heterocycles. The number of aliphatic imine (C=N–C) groups is 1. The highest BCUT2D eigenvalue weighted by Crippen LogP contribution is 2.38. The van der Waals surface area contributed by atoms with Crippen LogP contribution in [0.2, 0.25) is 0 Å². The summed E-state index contributed by atoms with van der Waals surface area (Å²) in [4.78, 5) is 6.82. The molecule has 7 heteroatoms. The molecule has 0 aliphatic carbocycles. The molecule has 0 aromatic heterocycles. The van der Waals surface area contributed by atoms with Gasteiger partial charge in [-0.15, -0.1) is 0 Å². The van der Waals surface area contributed by atoms with Gasteiger partial charge in [0.05, 0.1) is 16.9 Å². The summed E-state index contributed by atoms with van der Waals surface area (Å²) in [5, 5.41) is 6.52. The second-order valence-electron chi connectivity index (χ2n) is 6.58. The molecule has 4 rings (SSSR count). The van der Waals surface area contributed by atoms with Gasteiger partial charge in [-0.1, -0.05) is 6.07 Å². The summed E-state index contributed by atoms with van der Waals surface area (Å²) >= 11 is 0. The normalized spacial score (nSPS) is 16.9. The van der Waals surface area contributed by atoms with Gasteiger partial charge >= 0.3 is 6.18 Å². The van der Waals surface area contributed by atoms with Crippen LogP contribution in [0.4, 0.5) is 30.2 Å². The topological polar surface area (TPSA) is 39.7 Å². The van der Waals surface area contributed by atoms with Crippen LogP contribution in [-0.2, 0) is 6.18 Å². The summed E-state index contributed by atoms with van der Waals surface area (Å²) in [7, 11) is 0. The van der Waals surface area contributed by atoms with Gasteiger partial charge in [0.25, 0.3) is 0 Å². The average Bonchev–Trinajstić information content (AvgIpc) is 2.77. The van der Waals surface area contributed by atoms with Gasteiger partial charge in [0, 0.05) is 37.4 Å². The van der Waals surface area contributed by atoms with E-state index in [9.17, 15) is 13.2 Å². The van der Waals surface area contributed by atoms with Crippen LogP contribution in [0.3, 0.4) is 0 Å². The molecule has 136 valence electrons. The molecule has 4 nitrogen and oxygen atoms in total. The lowest BCUT2D eigenvalue weighted by Gasteiger charge is -2.31. The number of anilines is 2. The number of halogens is 3. The van der Waals surface area contributed by atoms with E-state index in [0.29, 0.717) is 30.2 Å². The predicted octanol–water partition coefficient (Wildman–Crippen LogP) is 4.05. The number of hydrogen-bond acceptors (Lipinski definition) is 4. The zero-order chi connectivity index (χ0) is 18.3. The summed E-state index contributed by atoms with van der Waals surface area (Å²) in [6, 6.07) is 9.62. The van der Waals surface area contributed by atoms with Crippen molar-refractivity contribution in [2.75, 3.05) is 31.5 Å². The lowest BCUT2D eigenvalue weighted by molar-refractivity contribution is -0.137. The van der Waals surface area contributed by atoms with Gasteiger partial charge in [-0.05, 0) is 42.8 Å². The van der Waals surface area contributed by atoms with Crippen molar-refractivity contribution in [3.63, 3.8) is 0 Å². The van der Waals surface area contributed by atoms with Gasteiger partial charge < -0.3 is 15.5 Å². The monoisotopic (exact) mass is 360 g/mol. The quantitative estimate of drug-likeness (QED) is 0.744. The second-order valence-corrected chi connectivity index (χ2v) is 6.58. The zero-order valence-corrected chi connectivity index (χ0v) is 14.3. The minimum absolute atomic E-state index is 0.482. The van der Waals surface area contributed by atoms with Crippen molar-refractivity contribution in [1.29, 1.82) is 0 Å². The fraction of sp³-hybridized carbons (Fsp3) is 0.316. The van der Waals surface area contributed by atoms with Crippen molar-refractivity contribution in [1.82, 2.24) is 10.2 Å². The molecular formula is C19H19F3N4. The summed E-state index contributed by atoms with van der Waals surface area (Å²) in [6.07, 6.45) is -4.39. The second kappa shape index (κ2) is 6.32. The smallest absolute Gasteiger partial charge is 0.353 e. The molecule has 1 fully saturated rings. The Labute approximate surface area is 149 Å². The number of alkyl halides is 3. The molecule has 2 aliphatic rings. The lowest BCUT2D eigenvalue weighted by atomic mass is 10.1. The largest absolute Gasteiger partial charge is 0.416 e. The minimum atomic E-state index is -4.39. The molecule has 0 bridgehead atoms. The number of nitrogens with zero attached hydrogens (tertiary/aromatic N) is 2. The molecule has 2 aromatic carbocycles. The van der Waals surface area contributed by atoms with Crippen LogP contribution >= 0.6 is 0 Å².